The fourth-order valence-electron chi connectivity index (χ4n) is 4.66. The highest BCUT2D eigenvalue weighted by Gasteiger charge is 2.49. The molecule has 3 amide bonds. The number of imide groups is 1. The number of nitrogens with one attached hydrogen (secondary N) is 1. The smallest absolute Gasteiger partial charge is 0.338 e. The molecule has 0 bridgehead atoms. The molecule has 33 heavy (non-hydrogen) atoms. The van der Waals surface area contributed by atoms with E-state index in [0.717, 1.165) is 30.4 Å². The lowest BCUT2D eigenvalue weighted by atomic mass is 9.76. The lowest BCUT2D eigenvalue weighted by molar-refractivity contribution is -0.122. The van der Waals surface area contributed by atoms with Crippen molar-refractivity contribution in [1.29, 1.82) is 0 Å². The fraction of sp³-hybridized carbons (Fsp3) is 0.385. The number of hydrogen-bond acceptors (Lipinski definition) is 5. The first-order valence-corrected chi connectivity index (χ1v) is 11.3. The first kappa shape index (κ1) is 22.7. The van der Waals surface area contributed by atoms with Gasteiger partial charge in [-0.05, 0) is 80.5 Å². The van der Waals surface area contributed by atoms with Crippen LogP contribution in [0.3, 0.4) is 0 Å². The molecule has 1 saturated carbocycles. The number of rotatable bonds is 5. The summed E-state index contributed by atoms with van der Waals surface area (Å²) in [7, 11) is 0. The molecule has 0 radical (unpaired) electrons. The molecule has 2 aromatic rings. The molecule has 0 spiro atoms. The third-order valence-electron chi connectivity index (χ3n) is 6.55. The molecule has 7 nitrogen and oxygen atoms in total. The van der Waals surface area contributed by atoms with Crippen molar-refractivity contribution in [1.82, 2.24) is 0 Å². The predicted molar refractivity (Wildman–Crippen MR) is 124 cm³/mol. The number of benzene rings is 2. The van der Waals surface area contributed by atoms with Crippen LogP contribution < -0.4 is 10.2 Å². The van der Waals surface area contributed by atoms with E-state index in [4.69, 9.17) is 4.74 Å². The molecular formula is C26H28N2O5. The van der Waals surface area contributed by atoms with E-state index in [-0.39, 0.29) is 29.2 Å². The monoisotopic (exact) mass is 448 g/mol. The van der Waals surface area contributed by atoms with E-state index in [2.05, 4.69) is 12.2 Å². The normalized spacial score (nSPS) is 22.2. The molecule has 172 valence electrons. The van der Waals surface area contributed by atoms with Crippen molar-refractivity contribution in [2.24, 2.45) is 17.8 Å². The minimum absolute atomic E-state index is 0.157. The standard InChI is InChI=1S/C26H28N2O5/c1-15-5-11-20-21(12-15)25(31)28(24(20)30)19-9-7-18(8-10-19)26(32)33-14-23(29)27-22-13-16(2)4-6-17(22)3/h4,6-10,13,15,20-21H,5,11-12,14H2,1-3H3,(H,27,29)/t15-,20+,21-/m0/s1. The van der Waals surface area contributed by atoms with Crippen LogP contribution in [0.15, 0.2) is 42.5 Å². The Balaban J connectivity index is 1.36. The number of anilines is 2. The molecule has 1 saturated heterocycles. The van der Waals surface area contributed by atoms with Gasteiger partial charge in [-0.25, -0.2) is 4.79 Å². The van der Waals surface area contributed by atoms with E-state index in [1.807, 2.05) is 32.0 Å². The molecule has 4 rings (SSSR count). The molecular weight excluding hydrogens is 420 g/mol. The van der Waals surface area contributed by atoms with Gasteiger partial charge in [0.1, 0.15) is 0 Å². The number of ether oxygens (including phenoxy) is 1. The van der Waals surface area contributed by atoms with Crippen LogP contribution in [0.2, 0.25) is 0 Å². The van der Waals surface area contributed by atoms with Crippen molar-refractivity contribution >= 4 is 35.1 Å². The van der Waals surface area contributed by atoms with E-state index < -0.39 is 18.5 Å². The Morgan fingerprint density at radius 2 is 1.70 bits per heavy atom. The summed E-state index contributed by atoms with van der Waals surface area (Å²) in [6, 6.07) is 11.9. The van der Waals surface area contributed by atoms with E-state index in [1.54, 1.807) is 12.1 Å². The van der Waals surface area contributed by atoms with Crippen LogP contribution in [0.4, 0.5) is 11.4 Å². The highest BCUT2D eigenvalue weighted by molar-refractivity contribution is 6.22. The van der Waals surface area contributed by atoms with Gasteiger partial charge in [0.2, 0.25) is 11.8 Å². The van der Waals surface area contributed by atoms with Crippen LogP contribution in [0.5, 0.6) is 0 Å². The van der Waals surface area contributed by atoms with Gasteiger partial charge in [-0.3, -0.25) is 19.3 Å². The van der Waals surface area contributed by atoms with Crippen LogP contribution in [0.1, 0.15) is 47.7 Å². The molecule has 0 unspecified atom stereocenters. The highest BCUT2D eigenvalue weighted by atomic mass is 16.5. The van der Waals surface area contributed by atoms with Crippen molar-refractivity contribution < 1.29 is 23.9 Å². The Labute approximate surface area is 193 Å². The van der Waals surface area contributed by atoms with Gasteiger partial charge in [0.05, 0.1) is 23.1 Å². The quantitative estimate of drug-likeness (QED) is 0.551. The molecule has 2 aliphatic rings. The maximum atomic E-state index is 12.9. The number of carbonyl (C=O) groups is 4. The maximum Gasteiger partial charge on any atom is 0.338 e. The third kappa shape index (κ3) is 4.67. The molecule has 3 atom stereocenters. The summed E-state index contributed by atoms with van der Waals surface area (Å²) in [4.78, 5) is 51.5. The van der Waals surface area contributed by atoms with Gasteiger partial charge in [0.15, 0.2) is 6.61 Å². The van der Waals surface area contributed by atoms with Crippen molar-refractivity contribution in [2.75, 3.05) is 16.8 Å². The summed E-state index contributed by atoms with van der Waals surface area (Å²) in [6.07, 6.45) is 2.43. The summed E-state index contributed by atoms with van der Waals surface area (Å²) in [6.45, 7) is 5.50. The van der Waals surface area contributed by atoms with Crippen molar-refractivity contribution in [3.05, 3.63) is 59.2 Å². The zero-order valence-corrected chi connectivity index (χ0v) is 19.1. The average molecular weight is 449 g/mol. The summed E-state index contributed by atoms with van der Waals surface area (Å²) >= 11 is 0. The Morgan fingerprint density at radius 3 is 2.42 bits per heavy atom. The van der Waals surface area contributed by atoms with Gasteiger partial charge in [0.25, 0.3) is 5.91 Å². The lowest BCUT2D eigenvalue weighted by Crippen LogP contribution is -2.30. The molecule has 2 aromatic carbocycles. The molecule has 1 aliphatic carbocycles. The van der Waals surface area contributed by atoms with Gasteiger partial charge in [0, 0.05) is 5.69 Å². The van der Waals surface area contributed by atoms with Gasteiger partial charge in [-0.15, -0.1) is 0 Å². The highest BCUT2D eigenvalue weighted by Crippen LogP contribution is 2.42. The summed E-state index contributed by atoms with van der Waals surface area (Å²) in [5, 5.41) is 2.74. The van der Waals surface area contributed by atoms with Crippen molar-refractivity contribution in [3.63, 3.8) is 0 Å². The molecule has 0 aromatic heterocycles. The van der Waals surface area contributed by atoms with Crippen LogP contribution in [0, 0.1) is 31.6 Å². The molecule has 7 heteroatoms. The minimum atomic E-state index is -0.653. The molecule has 2 fully saturated rings. The molecule has 1 N–H and O–H groups in total. The first-order chi connectivity index (χ1) is 15.7. The zero-order chi connectivity index (χ0) is 23.7. The first-order valence-electron chi connectivity index (χ1n) is 11.3. The topological polar surface area (TPSA) is 92.8 Å². The minimum Gasteiger partial charge on any atom is -0.452 e. The van der Waals surface area contributed by atoms with Crippen LogP contribution >= 0.6 is 0 Å². The van der Waals surface area contributed by atoms with Crippen LogP contribution in [-0.4, -0.2) is 30.3 Å². The Bertz CT molecular complexity index is 1110. The number of carbonyl (C=O) groups excluding carboxylic acids is 4. The van der Waals surface area contributed by atoms with Gasteiger partial charge in [-0.2, -0.15) is 0 Å². The van der Waals surface area contributed by atoms with E-state index in [1.165, 1.54) is 17.0 Å². The third-order valence-corrected chi connectivity index (χ3v) is 6.55. The second-order valence-corrected chi connectivity index (χ2v) is 9.13. The van der Waals surface area contributed by atoms with E-state index in [9.17, 15) is 19.2 Å². The Morgan fingerprint density at radius 1 is 1.00 bits per heavy atom. The number of fused-ring (bicyclic) bond motifs is 1. The fourth-order valence-corrected chi connectivity index (χ4v) is 4.66. The maximum absolute atomic E-state index is 12.9. The number of hydrogen-bond donors (Lipinski definition) is 1. The van der Waals surface area contributed by atoms with Crippen molar-refractivity contribution in [2.45, 2.75) is 40.0 Å². The lowest BCUT2D eigenvalue weighted by Gasteiger charge is -2.25. The van der Waals surface area contributed by atoms with Crippen molar-refractivity contribution in [3.8, 4) is 0 Å². The second-order valence-electron chi connectivity index (χ2n) is 9.13. The largest absolute Gasteiger partial charge is 0.452 e. The Hall–Kier alpha value is -3.48. The van der Waals surface area contributed by atoms with Crippen LogP contribution in [-0.2, 0) is 19.1 Å². The Kier molecular flexibility index (Phi) is 6.31. The summed E-state index contributed by atoms with van der Waals surface area (Å²) in [5.41, 5.74) is 3.29. The molecule has 1 heterocycles. The number of amides is 3. The van der Waals surface area contributed by atoms with Gasteiger partial charge >= 0.3 is 5.97 Å². The van der Waals surface area contributed by atoms with E-state index in [0.29, 0.717) is 17.3 Å². The summed E-state index contributed by atoms with van der Waals surface area (Å²) in [5.74, 6) is -1.45. The van der Waals surface area contributed by atoms with E-state index >= 15 is 0 Å². The number of nitrogens with zero attached hydrogens (tertiary/aromatic N) is 1. The number of aryl methyl sites for hydroxylation is 2. The van der Waals surface area contributed by atoms with Gasteiger partial charge in [-0.1, -0.05) is 19.1 Å². The predicted octanol–water partition coefficient (Wildman–Crippen LogP) is 4.02. The second kappa shape index (κ2) is 9.17. The summed E-state index contributed by atoms with van der Waals surface area (Å²) < 4.78 is 5.13. The SMILES string of the molecule is Cc1ccc(C)c(NC(=O)COC(=O)c2ccc(N3C(=O)[C@H]4C[C@@H](C)CC[C@H]4C3=O)cc2)c1. The average Bonchev–Trinajstić information content (AvgIpc) is 3.04. The van der Waals surface area contributed by atoms with Crippen LogP contribution in [0.25, 0.3) is 0 Å². The van der Waals surface area contributed by atoms with Gasteiger partial charge < -0.3 is 10.1 Å². The molecule has 1 aliphatic heterocycles. The zero-order valence-electron chi connectivity index (χ0n) is 19.1. The number of esters is 1.